The van der Waals surface area contributed by atoms with E-state index in [-0.39, 0.29) is 24.0 Å². The van der Waals surface area contributed by atoms with E-state index in [1.807, 2.05) is 32.0 Å². The van der Waals surface area contributed by atoms with E-state index in [1.165, 1.54) is 0 Å². The Morgan fingerprint density at radius 2 is 2.04 bits per heavy atom. The van der Waals surface area contributed by atoms with E-state index < -0.39 is 0 Å². The number of hydrogen-bond acceptors (Lipinski definition) is 3. The fourth-order valence-corrected chi connectivity index (χ4v) is 2.04. The van der Waals surface area contributed by atoms with Crippen LogP contribution in [0, 0.1) is 0 Å². The maximum Gasteiger partial charge on any atom is 0.191 e. The van der Waals surface area contributed by atoms with Crippen LogP contribution in [0.5, 0.6) is 5.75 Å². The molecule has 0 aromatic heterocycles. The van der Waals surface area contributed by atoms with Gasteiger partial charge in [0.2, 0.25) is 0 Å². The first kappa shape index (κ1) is 22.3. The molecule has 2 N–H and O–H groups in total. The first-order chi connectivity index (χ1) is 10.7. The molecule has 0 amide bonds. The zero-order chi connectivity index (χ0) is 16.2. The Kier molecular flexibility index (Phi) is 13.3. The third kappa shape index (κ3) is 9.22. The van der Waals surface area contributed by atoms with Gasteiger partial charge in [-0.05, 0) is 32.4 Å². The van der Waals surface area contributed by atoms with Crippen LogP contribution in [0.25, 0.3) is 0 Å². The molecule has 0 heterocycles. The highest BCUT2D eigenvalue weighted by molar-refractivity contribution is 14.0. The quantitative estimate of drug-likeness (QED) is 0.259. The second kappa shape index (κ2) is 13.7. The zero-order valence-electron chi connectivity index (χ0n) is 14.0. The summed E-state index contributed by atoms with van der Waals surface area (Å²) in [5, 5.41) is 7.17. The molecule has 0 unspecified atom stereocenters. The van der Waals surface area contributed by atoms with Crippen molar-refractivity contribution in [3.63, 3.8) is 0 Å². The lowest BCUT2D eigenvalue weighted by Crippen LogP contribution is -2.38. The number of nitrogens with zero attached hydrogens (tertiary/aromatic N) is 1. The smallest absolute Gasteiger partial charge is 0.191 e. The molecule has 1 rings (SSSR count). The van der Waals surface area contributed by atoms with Crippen LogP contribution in [-0.2, 0) is 11.3 Å². The van der Waals surface area contributed by atoms with Gasteiger partial charge in [0.25, 0.3) is 0 Å². The van der Waals surface area contributed by atoms with Crippen molar-refractivity contribution in [2.75, 3.05) is 33.4 Å². The summed E-state index contributed by atoms with van der Waals surface area (Å²) in [6.45, 7) is 7.50. The number of methoxy groups -OCH3 is 1. The first-order valence-electron chi connectivity index (χ1n) is 7.63. The van der Waals surface area contributed by atoms with Crippen molar-refractivity contribution >= 4 is 41.5 Å². The van der Waals surface area contributed by atoms with Gasteiger partial charge in [-0.25, -0.2) is 4.99 Å². The van der Waals surface area contributed by atoms with E-state index in [0.29, 0.717) is 18.2 Å². The molecule has 0 aliphatic rings. The fourth-order valence-electron chi connectivity index (χ4n) is 1.88. The van der Waals surface area contributed by atoms with Gasteiger partial charge in [-0.1, -0.05) is 17.7 Å². The Morgan fingerprint density at radius 1 is 1.26 bits per heavy atom. The van der Waals surface area contributed by atoms with Crippen LogP contribution in [0.2, 0.25) is 5.02 Å². The minimum Gasteiger partial charge on any atom is -0.493 e. The summed E-state index contributed by atoms with van der Waals surface area (Å²) < 4.78 is 10.6. The van der Waals surface area contributed by atoms with Gasteiger partial charge in [0.05, 0.1) is 13.2 Å². The Labute approximate surface area is 161 Å². The van der Waals surface area contributed by atoms with E-state index in [9.17, 15) is 0 Å². The van der Waals surface area contributed by atoms with Crippen molar-refractivity contribution in [3.05, 3.63) is 28.8 Å². The molecule has 0 radical (unpaired) electrons. The van der Waals surface area contributed by atoms with Crippen LogP contribution in [0.15, 0.2) is 23.2 Å². The number of nitrogens with one attached hydrogen (secondary N) is 2. The number of benzene rings is 1. The maximum atomic E-state index is 6.01. The van der Waals surface area contributed by atoms with Gasteiger partial charge in [-0.15, -0.1) is 24.0 Å². The minimum atomic E-state index is 0. The summed E-state index contributed by atoms with van der Waals surface area (Å²) in [5.41, 5.74) is 1.01. The van der Waals surface area contributed by atoms with Crippen molar-refractivity contribution < 1.29 is 9.47 Å². The van der Waals surface area contributed by atoms with Crippen molar-refractivity contribution in [3.8, 4) is 5.75 Å². The molecule has 0 aliphatic heterocycles. The summed E-state index contributed by atoms with van der Waals surface area (Å²) in [6, 6.07) is 5.63. The predicted octanol–water partition coefficient (Wildman–Crippen LogP) is 3.45. The molecule has 5 nitrogen and oxygen atoms in total. The van der Waals surface area contributed by atoms with Crippen LogP contribution in [-0.4, -0.2) is 39.4 Å². The number of guanidine groups is 1. The summed E-state index contributed by atoms with van der Waals surface area (Å²) in [4.78, 5) is 4.58. The largest absolute Gasteiger partial charge is 0.493 e. The van der Waals surface area contributed by atoms with E-state index in [2.05, 4.69) is 15.6 Å². The average molecular weight is 456 g/mol. The van der Waals surface area contributed by atoms with Gasteiger partial charge >= 0.3 is 0 Å². The molecule has 0 fully saturated rings. The number of hydrogen-bond donors (Lipinski definition) is 2. The number of ether oxygens (including phenoxy) is 2. The second-order valence-corrected chi connectivity index (χ2v) is 5.09. The molecular weight excluding hydrogens is 429 g/mol. The van der Waals surface area contributed by atoms with Crippen molar-refractivity contribution in [2.24, 2.45) is 4.99 Å². The third-order valence-electron chi connectivity index (χ3n) is 2.90. The number of rotatable bonds is 9. The zero-order valence-corrected chi connectivity index (χ0v) is 17.1. The Bertz CT molecular complexity index is 473. The monoisotopic (exact) mass is 455 g/mol. The molecular formula is C16H27ClIN3O2. The maximum absolute atomic E-state index is 6.01. The Hall–Kier alpha value is -0.730. The van der Waals surface area contributed by atoms with Gasteiger partial charge < -0.3 is 20.1 Å². The lowest BCUT2D eigenvalue weighted by molar-refractivity contribution is 0.195. The molecule has 0 bridgehead atoms. The van der Waals surface area contributed by atoms with E-state index in [4.69, 9.17) is 21.1 Å². The lowest BCUT2D eigenvalue weighted by Gasteiger charge is -2.12. The van der Waals surface area contributed by atoms with E-state index >= 15 is 0 Å². The molecule has 0 saturated carbocycles. The Balaban J connectivity index is 0.00000484. The fraction of sp³-hybridized carbons (Fsp3) is 0.562. The van der Waals surface area contributed by atoms with Crippen molar-refractivity contribution in [1.29, 1.82) is 0 Å². The first-order valence-corrected chi connectivity index (χ1v) is 8.01. The highest BCUT2D eigenvalue weighted by Crippen LogP contribution is 2.24. The standard InChI is InChI=1S/C16H26ClN3O2.HI/c1-4-18-16(19-9-6-10-21-3)20-12-13-7-8-14(17)11-15(13)22-5-2;/h7-8,11H,4-6,9-10,12H2,1-3H3,(H2,18,19,20);1H. The highest BCUT2D eigenvalue weighted by atomic mass is 127. The molecule has 0 atom stereocenters. The summed E-state index contributed by atoms with van der Waals surface area (Å²) in [7, 11) is 1.70. The summed E-state index contributed by atoms with van der Waals surface area (Å²) in [5.74, 6) is 1.57. The summed E-state index contributed by atoms with van der Waals surface area (Å²) in [6.07, 6.45) is 0.937. The van der Waals surface area contributed by atoms with Crippen LogP contribution >= 0.6 is 35.6 Å². The van der Waals surface area contributed by atoms with Crippen LogP contribution in [0.4, 0.5) is 0 Å². The minimum absolute atomic E-state index is 0. The molecule has 7 heteroatoms. The molecule has 1 aromatic carbocycles. The lowest BCUT2D eigenvalue weighted by atomic mass is 10.2. The Morgan fingerprint density at radius 3 is 2.70 bits per heavy atom. The molecule has 0 spiro atoms. The average Bonchev–Trinajstić information content (AvgIpc) is 2.51. The van der Waals surface area contributed by atoms with Gasteiger partial charge in [0, 0.05) is 37.4 Å². The van der Waals surface area contributed by atoms with Crippen molar-refractivity contribution in [1.82, 2.24) is 10.6 Å². The highest BCUT2D eigenvalue weighted by Gasteiger charge is 2.05. The van der Waals surface area contributed by atoms with Crippen LogP contribution in [0.1, 0.15) is 25.8 Å². The number of aliphatic imine (C=N–C) groups is 1. The molecule has 23 heavy (non-hydrogen) atoms. The van der Waals surface area contributed by atoms with E-state index in [0.717, 1.165) is 43.4 Å². The van der Waals surface area contributed by atoms with Gasteiger partial charge in [0.1, 0.15) is 5.75 Å². The normalized spacial score (nSPS) is 10.9. The van der Waals surface area contributed by atoms with Gasteiger partial charge in [0.15, 0.2) is 5.96 Å². The summed E-state index contributed by atoms with van der Waals surface area (Å²) >= 11 is 6.01. The molecule has 1 aromatic rings. The molecule has 0 saturated heterocycles. The van der Waals surface area contributed by atoms with Crippen molar-refractivity contribution in [2.45, 2.75) is 26.8 Å². The van der Waals surface area contributed by atoms with Crippen LogP contribution in [0.3, 0.4) is 0 Å². The number of halogens is 2. The van der Waals surface area contributed by atoms with Crippen LogP contribution < -0.4 is 15.4 Å². The van der Waals surface area contributed by atoms with Gasteiger partial charge in [-0.2, -0.15) is 0 Å². The van der Waals surface area contributed by atoms with E-state index in [1.54, 1.807) is 7.11 Å². The predicted molar refractivity (Wildman–Crippen MR) is 107 cm³/mol. The topological polar surface area (TPSA) is 54.9 Å². The SMILES string of the molecule is CCNC(=NCc1ccc(Cl)cc1OCC)NCCCOC.I. The molecule has 132 valence electrons. The molecule has 0 aliphatic carbocycles. The third-order valence-corrected chi connectivity index (χ3v) is 3.13. The van der Waals surface area contributed by atoms with Gasteiger partial charge in [-0.3, -0.25) is 0 Å². The second-order valence-electron chi connectivity index (χ2n) is 4.65.